The first-order chi connectivity index (χ1) is 9.49. The molecule has 2 aromatic rings. The summed E-state index contributed by atoms with van der Waals surface area (Å²) in [5.41, 5.74) is -0.0354. The number of nitrogens with zero attached hydrogens (tertiary/aromatic N) is 1. The van der Waals surface area contributed by atoms with Crippen molar-refractivity contribution < 1.29 is 9.72 Å². The quantitative estimate of drug-likeness (QED) is 0.683. The van der Waals surface area contributed by atoms with Crippen molar-refractivity contribution in [3.63, 3.8) is 0 Å². The summed E-state index contributed by atoms with van der Waals surface area (Å²) in [6.45, 7) is 0. The molecule has 0 atom stereocenters. The van der Waals surface area contributed by atoms with E-state index in [4.69, 9.17) is 23.2 Å². The van der Waals surface area contributed by atoms with Gasteiger partial charge in [0.25, 0.3) is 5.91 Å². The first kappa shape index (κ1) is 14.3. The molecule has 7 heteroatoms. The van der Waals surface area contributed by atoms with E-state index in [1.54, 1.807) is 24.3 Å². The van der Waals surface area contributed by atoms with Gasteiger partial charge in [-0.05, 0) is 36.4 Å². The van der Waals surface area contributed by atoms with Crippen molar-refractivity contribution in [2.24, 2.45) is 0 Å². The van der Waals surface area contributed by atoms with Gasteiger partial charge in [0.1, 0.15) is 10.6 Å². The summed E-state index contributed by atoms with van der Waals surface area (Å²) >= 11 is 11.5. The number of halogens is 2. The van der Waals surface area contributed by atoms with Gasteiger partial charge in [-0.15, -0.1) is 0 Å². The van der Waals surface area contributed by atoms with Crippen LogP contribution in [0.25, 0.3) is 0 Å². The molecule has 0 aliphatic carbocycles. The number of hydrogen-bond donors (Lipinski definition) is 1. The van der Waals surface area contributed by atoms with Gasteiger partial charge in [-0.1, -0.05) is 29.3 Å². The molecule has 20 heavy (non-hydrogen) atoms. The molecule has 0 aliphatic heterocycles. The molecule has 0 saturated carbocycles. The van der Waals surface area contributed by atoms with Gasteiger partial charge in [-0.3, -0.25) is 14.9 Å². The number of carbonyl (C=O) groups excluding carboxylic acids is 1. The Labute approximate surface area is 124 Å². The number of hydrogen-bond acceptors (Lipinski definition) is 3. The average molecular weight is 311 g/mol. The summed E-state index contributed by atoms with van der Waals surface area (Å²) in [6, 6.07) is 10.6. The van der Waals surface area contributed by atoms with E-state index in [2.05, 4.69) is 5.32 Å². The fraction of sp³-hybridized carbons (Fsp3) is 0. The van der Waals surface area contributed by atoms with Crippen LogP contribution in [0.15, 0.2) is 42.5 Å². The number of rotatable bonds is 3. The summed E-state index contributed by atoms with van der Waals surface area (Å²) in [7, 11) is 0. The van der Waals surface area contributed by atoms with Crippen LogP contribution in [0.2, 0.25) is 10.0 Å². The lowest BCUT2D eigenvalue weighted by atomic mass is 10.1. The molecule has 2 aromatic carbocycles. The van der Waals surface area contributed by atoms with Crippen molar-refractivity contribution >= 4 is 40.5 Å². The van der Waals surface area contributed by atoms with Gasteiger partial charge < -0.3 is 5.32 Å². The highest BCUT2D eigenvalue weighted by Crippen LogP contribution is 2.28. The van der Waals surface area contributed by atoms with Gasteiger partial charge in [-0.2, -0.15) is 0 Å². The Morgan fingerprint density at radius 2 is 1.75 bits per heavy atom. The summed E-state index contributed by atoms with van der Waals surface area (Å²) in [5, 5.41) is 14.0. The van der Waals surface area contributed by atoms with Crippen molar-refractivity contribution in [2.45, 2.75) is 0 Å². The second-order valence-electron chi connectivity index (χ2n) is 3.85. The lowest BCUT2D eigenvalue weighted by Crippen LogP contribution is -2.14. The van der Waals surface area contributed by atoms with E-state index in [-0.39, 0.29) is 10.6 Å². The molecule has 0 aromatic heterocycles. The Balaban J connectivity index is 2.32. The number of anilines is 1. The third-order valence-corrected chi connectivity index (χ3v) is 3.07. The Bertz CT molecular complexity index is 672. The van der Waals surface area contributed by atoms with Gasteiger partial charge in [0, 0.05) is 10.7 Å². The summed E-state index contributed by atoms with van der Waals surface area (Å²) in [5.74, 6) is -0.610. The number of benzene rings is 2. The van der Waals surface area contributed by atoms with E-state index < -0.39 is 16.5 Å². The SMILES string of the molecule is O=C(Nc1ccc(Cl)cc1)c1cccc(Cl)c1[N+](=O)[O-]. The van der Waals surface area contributed by atoms with Crippen LogP contribution in [0.1, 0.15) is 10.4 Å². The molecular formula is C13H8Cl2N2O3. The van der Waals surface area contributed by atoms with Gasteiger partial charge in [0.2, 0.25) is 0 Å². The number of nitro groups is 1. The van der Waals surface area contributed by atoms with E-state index in [9.17, 15) is 14.9 Å². The zero-order chi connectivity index (χ0) is 14.7. The predicted molar refractivity (Wildman–Crippen MR) is 77.5 cm³/mol. The Hall–Kier alpha value is -2.11. The third kappa shape index (κ3) is 3.07. The molecule has 0 fully saturated rings. The standard InChI is InChI=1S/C13H8Cl2N2O3/c14-8-4-6-9(7-5-8)16-13(18)10-2-1-3-11(15)12(10)17(19)20/h1-7H,(H,16,18). The van der Waals surface area contributed by atoms with Crippen molar-refractivity contribution in [2.75, 3.05) is 5.32 Å². The van der Waals surface area contributed by atoms with Crippen molar-refractivity contribution in [1.29, 1.82) is 0 Å². The highest BCUT2D eigenvalue weighted by atomic mass is 35.5. The molecule has 0 heterocycles. The van der Waals surface area contributed by atoms with Gasteiger partial charge in [-0.25, -0.2) is 0 Å². The monoisotopic (exact) mass is 310 g/mol. The van der Waals surface area contributed by atoms with Gasteiger partial charge in [0.05, 0.1) is 4.92 Å². The molecular weight excluding hydrogens is 303 g/mol. The Kier molecular flexibility index (Phi) is 4.22. The maximum atomic E-state index is 12.1. The van der Waals surface area contributed by atoms with E-state index in [1.807, 2.05) is 0 Å². The second-order valence-corrected chi connectivity index (χ2v) is 4.70. The molecule has 0 bridgehead atoms. The number of para-hydroxylation sites is 1. The van der Waals surface area contributed by atoms with E-state index >= 15 is 0 Å². The lowest BCUT2D eigenvalue weighted by Gasteiger charge is -2.06. The fourth-order valence-electron chi connectivity index (χ4n) is 1.62. The molecule has 0 unspecified atom stereocenters. The average Bonchev–Trinajstić information content (AvgIpc) is 2.40. The zero-order valence-electron chi connectivity index (χ0n) is 9.97. The third-order valence-electron chi connectivity index (χ3n) is 2.52. The van der Waals surface area contributed by atoms with E-state index in [0.717, 1.165) is 0 Å². The van der Waals surface area contributed by atoms with Crippen molar-refractivity contribution in [3.8, 4) is 0 Å². The lowest BCUT2D eigenvalue weighted by molar-refractivity contribution is -0.385. The first-order valence-electron chi connectivity index (χ1n) is 5.49. The first-order valence-corrected chi connectivity index (χ1v) is 6.24. The van der Waals surface area contributed by atoms with Crippen LogP contribution in [-0.4, -0.2) is 10.8 Å². The Morgan fingerprint density at radius 1 is 1.10 bits per heavy atom. The van der Waals surface area contributed by atoms with E-state index in [0.29, 0.717) is 10.7 Å². The minimum absolute atomic E-state index is 0.0845. The topological polar surface area (TPSA) is 72.2 Å². The number of amides is 1. The van der Waals surface area contributed by atoms with Crippen molar-refractivity contribution in [3.05, 3.63) is 68.2 Å². The smallest absolute Gasteiger partial charge is 0.300 e. The minimum Gasteiger partial charge on any atom is -0.322 e. The molecule has 0 radical (unpaired) electrons. The van der Waals surface area contributed by atoms with Crippen LogP contribution in [-0.2, 0) is 0 Å². The predicted octanol–water partition coefficient (Wildman–Crippen LogP) is 4.15. The molecule has 0 aliphatic rings. The van der Waals surface area contributed by atoms with Crippen LogP contribution >= 0.6 is 23.2 Å². The largest absolute Gasteiger partial charge is 0.322 e. The van der Waals surface area contributed by atoms with E-state index in [1.165, 1.54) is 18.2 Å². The van der Waals surface area contributed by atoms with Gasteiger partial charge >= 0.3 is 5.69 Å². The van der Waals surface area contributed by atoms with Crippen LogP contribution < -0.4 is 5.32 Å². The molecule has 5 nitrogen and oxygen atoms in total. The van der Waals surface area contributed by atoms with Crippen LogP contribution in [0.4, 0.5) is 11.4 Å². The zero-order valence-corrected chi connectivity index (χ0v) is 11.5. The summed E-state index contributed by atoms with van der Waals surface area (Å²) in [4.78, 5) is 22.4. The number of nitrogens with one attached hydrogen (secondary N) is 1. The summed E-state index contributed by atoms with van der Waals surface area (Å²) < 4.78 is 0. The van der Waals surface area contributed by atoms with Crippen LogP contribution in [0, 0.1) is 10.1 Å². The Morgan fingerprint density at radius 3 is 2.35 bits per heavy atom. The molecule has 0 saturated heterocycles. The highest BCUT2D eigenvalue weighted by molar-refractivity contribution is 6.33. The molecule has 1 N–H and O–H groups in total. The maximum absolute atomic E-state index is 12.1. The normalized spacial score (nSPS) is 10.1. The maximum Gasteiger partial charge on any atom is 0.300 e. The molecule has 1 amide bonds. The molecule has 2 rings (SSSR count). The highest BCUT2D eigenvalue weighted by Gasteiger charge is 2.23. The minimum atomic E-state index is -0.681. The van der Waals surface area contributed by atoms with Crippen LogP contribution in [0.3, 0.4) is 0 Å². The summed E-state index contributed by atoms with van der Waals surface area (Å²) in [6.07, 6.45) is 0. The second kappa shape index (κ2) is 5.90. The van der Waals surface area contributed by atoms with Crippen molar-refractivity contribution in [1.82, 2.24) is 0 Å². The van der Waals surface area contributed by atoms with Crippen LogP contribution in [0.5, 0.6) is 0 Å². The molecule has 0 spiro atoms. The number of nitro benzene ring substituents is 1. The molecule has 102 valence electrons. The fourth-order valence-corrected chi connectivity index (χ4v) is 1.99. The number of carbonyl (C=O) groups is 1. The van der Waals surface area contributed by atoms with Gasteiger partial charge in [0.15, 0.2) is 0 Å².